The summed E-state index contributed by atoms with van der Waals surface area (Å²) in [6, 6.07) is 15.6. The van der Waals surface area contributed by atoms with Gasteiger partial charge in [-0.15, -0.1) is 0 Å². The lowest BCUT2D eigenvalue weighted by Crippen LogP contribution is -2.46. The third-order valence-corrected chi connectivity index (χ3v) is 4.22. The minimum absolute atomic E-state index is 0.229. The summed E-state index contributed by atoms with van der Waals surface area (Å²) in [7, 11) is 1.62. The van der Waals surface area contributed by atoms with Crippen LogP contribution in [0.3, 0.4) is 0 Å². The quantitative estimate of drug-likeness (QED) is 0.625. The van der Waals surface area contributed by atoms with Crippen LogP contribution in [-0.4, -0.2) is 31.4 Å². The number of rotatable bonds is 6. The number of para-hydroxylation sites is 2. The van der Waals surface area contributed by atoms with Crippen LogP contribution in [0, 0.1) is 5.41 Å². The summed E-state index contributed by atoms with van der Waals surface area (Å²) in [4.78, 5) is 39.2. The summed E-state index contributed by atoms with van der Waals surface area (Å²) in [6.45, 7) is 5.04. The van der Waals surface area contributed by atoms with Gasteiger partial charge < -0.3 is 15.0 Å². The van der Waals surface area contributed by atoms with E-state index in [0.29, 0.717) is 11.4 Å². The molecule has 2 amide bonds. The number of hydrogen-bond acceptors (Lipinski definition) is 4. The third kappa shape index (κ3) is 4.53. The normalized spacial score (nSPS) is 10.8. The van der Waals surface area contributed by atoms with Crippen molar-refractivity contribution in [3.63, 3.8) is 0 Å². The number of hydrogen-bond donors (Lipinski definition) is 1. The van der Waals surface area contributed by atoms with Crippen LogP contribution in [0.4, 0.5) is 11.4 Å². The van der Waals surface area contributed by atoms with Gasteiger partial charge in [-0.25, -0.2) is 4.79 Å². The van der Waals surface area contributed by atoms with Crippen molar-refractivity contribution in [3.05, 3.63) is 60.2 Å². The van der Waals surface area contributed by atoms with Crippen LogP contribution >= 0.6 is 0 Å². The van der Waals surface area contributed by atoms with Crippen LogP contribution < -0.4 is 10.2 Å². The highest BCUT2D eigenvalue weighted by molar-refractivity contribution is 6.15. The number of nitrogens with zero attached hydrogens (tertiary/aromatic N) is 1. The molecule has 0 heterocycles. The lowest BCUT2D eigenvalue weighted by Gasteiger charge is -2.28. The second kappa shape index (κ2) is 8.49. The summed E-state index contributed by atoms with van der Waals surface area (Å²) in [6.07, 6.45) is 0. The molecule has 0 aliphatic carbocycles. The monoisotopic (exact) mass is 368 g/mol. The van der Waals surface area contributed by atoms with Crippen LogP contribution in [-0.2, 0) is 14.3 Å². The molecular weight excluding hydrogens is 344 g/mol. The van der Waals surface area contributed by atoms with Gasteiger partial charge in [0.15, 0.2) is 0 Å². The molecule has 0 atom stereocenters. The van der Waals surface area contributed by atoms with Gasteiger partial charge >= 0.3 is 5.97 Å². The number of anilines is 2. The van der Waals surface area contributed by atoms with E-state index in [-0.39, 0.29) is 18.1 Å². The number of amides is 2. The molecule has 0 aliphatic rings. The average molecular weight is 368 g/mol. The maximum absolute atomic E-state index is 12.9. The first kappa shape index (κ1) is 20.2. The van der Waals surface area contributed by atoms with Crippen LogP contribution in [0.2, 0.25) is 0 Å². The zero-order chi connectivity index (χ0) is 20.0. The SMILES string of the molecule is CCOC(=O)c1ccccc1NC(=O)C(C)(C)C(=O)N(C)c1ccccc1. The first-order valence-electron chi connectivity index (χ1n) is 8.69. The number of carbonyl (C=O) groups is 3. The third-order valence-electron chi connectivity index (χ3n) is 4.22. The Bertz CT molecular complexity index is 831. The largest absolute Gasteiger partial charge is 0.462 e. The van der Waals surface area contributed by atoms with E-state index in [4.69, 9.17) is 4.74 Å². The van der Waals surface area contributed by atoms with E-state index < -0.39 is 17.3 Å². The number of esters is 1. The number of carbonyl (C=O) groups excluding carboxylic acids is 3. The topological polar surface area (TPSA) is 75.7 Å². The molecule has 27 heavy (non-hydrogen) atoms. The zero-order valence-electron chi connectivity index (χ0n) is 16.0. The van der Waals surface area contributed by atoms with E-state index in [1.165, 1.54) is 4.90 Å². The average Bonchev–Trinajstić information content (AvgIpc) is 2.68. The molecule has 0 aromatic heterocycles. The molecule has 2 rings (SSSR count). The van der Waals surface area contributed by atoms with Crippen molar-refractivity contribution in [3.8, 4) is 0 Å². The van der Waals surface area contributed by atoms with Crippen molar-refractivity contribution in [1.82, 2.24) is 0 Å². The maximum Gasteiger partial charge on any atom is 0.340 e. The first-order valence-corrected chi connectivity index (χ1v) is 8.69. The zero-order valence-corrected chi connectivity index (χ0v) is 16.0. The molecule has 0 radical (unpaired) electrons. The van der Waals surface area contributed by atoms with Crippen molar-refractivity contribution >= 4 is 29.2 Å². The lowest BCUT2D eigenvalue weighted by atomic mass is 9.90. The Morgan fingerprint density at radius 3 is 2.22 bits per heavy atom. The Hall–Kier alpha value is -3.15. The van der Waals surface area contributed by atoms with E-state index in [1.54, 1.807) is 64.2 Å². The van der Waals surface area contributed by atoms with E-state index in [0.717, 1.165) is 0 Å². The number of ether oxygens (including phenoxy) is 1. The summed E-state index contributed by atoms with van der Waals surface area (Å²) >= 11 is 0. The van der Waals surface area contributed by atoms with E-state index >= 15 is 0 Å². The smallest absolute Gasteiger partial charge is 0.340 e. The Kier molecular flexibility index (Phi) is 6.34. The van der Waals surface area contributed by atoms with Gasteiger partial charge in [0.05, 0.1) is 17.9 Å². The molecular formula is C21H24N2O4. The fourth-order valence-electron chi connectivity index (χ4n) is 2.54. The summed E-state index contributed by atoms with van der Waals surface area (Å²) in [5.74, 6) is -1.40. The van der Waals surface area contributed by atoms with Gasteiger partial charge in [-0.2, -0.15) is 0 Å². The molecule has 0 saturated carbocycles. The van der Waals surface area contributed by atoms with Gasteiger partial charge in [0.25, 0.3) is 0 Å². The highest BCUT2D eigenvalue weighted by atomic mass is 16.5. The molecule has 0 aliphatic heterocycles. The Balaban J connectivity index is 2.22. The van der Waals surface area contributed by atoms with Crippen molar-refractivity contribution in [2.75, 3.05) is 23.9 Å². The van der Waals surface area contributed by atoms with Crippen LogP contribution in [0.15, 0.2) is 54.6 Å². The molecule has 2 aromatic carbocycles. The summed E-state index contributed by atoms with van der Waals surface area (Å²) in [5.41, 5.74) is -0.0985. The molecule has 6 nitrogen and oxygen atoms in total. The Morgan fingerprint density at radius 2 is 1.59 bits per heavy atom. The standard InChI is InChI=1S/C21H24N2O4/c1-5-27-18(24)16-13-9-10-14-17(16)22-19(25)21(2,3)20(26)23(4)15-11-7-6-8-12-15/h6-14H,5H2,1-4H3,(H,22,25). The molecule has 0 unspecified atom stereocenters. The molecule has 0 bridgehead atoms. The van der Waals surface area contributed by atoms with Gasteiger partial charge in [-0.1, -0.05) is 30.3 Å². The fourth-order valence-corrected chi connectivity index (χ4v) is 2.54. The number of nitrogens with one attached hydrogen (secondary N) is 1. The van der Waals surface area contributed by atoms with Gasteiger partial charge in [0.2, 0.25) is 11.8 Å². The molecule has 0 fully saturated rings. The molecule has 1 N–H and O–H groups in total. The van der Waals surface area contributed by atoms with E-state index in [2.05, 4.69) is 5.32 Å². The predicted octanol–water partition coefficient (Wildman–Crippen LogP) is 3.49. The van der Waals surface area contributed by atoms with Crippen molar-refractivity contribution in [1.29, 1.82) is 0 Å². The van der Waals surface area contributed by atoms with E-state index in [1.807, 2.05) is 18.2 Å². The van der Waals surface area contributed by atoms with Gasteiger partial charge in [-0.05, 0) is 45.0 Å². The van der Waals surface area contributed by atoms with Gasteiger partial charge in [-0.3, -0.25) is 9.59 Å². The maximum atomic E-state index is 12.9. The molecule has 6 heteroatoms. The minimum atomic E-state index is -1.34. The highest BCUT2D eigenvalue weighted by Crippen LogP contribution is 2.26. The van der Waals surface area contributed by atoms with E-state index in [9.17, 15) is 14.4 Å². The molecule has 0 saturated heterocycles. The molecule has 0 spiro atoms. The predicted molar refractivity (Wildman–Crippen MR) is 105 cm³/mol. The molecule has 142 valence electrons. The van der Waals surface area contributed by atoms with Crippen LogP contribution in [0.25, 0.3) is 0 Å². The molecule has 2 aromatic rings. The number of benzene rings is 2. The second-order valence-corrected chi connectivity index (χ2v) is 6.54. The Labute approximate surface area is 159 Å². The van der Waals surface area contributed by atoms with Crippen LogP contribution in [0.1, 0.15) is 31.1 Å². The Morgan fingerprint density at radius 1 is 1.00 bits per heavy atom. The summed E-state index contributed by atoms with van der Waals surface area (Å²) in [5, 5.41) is 2.69. The van der Waals surface area contributed by atoms with Gasteiger partial charge in [0.1, 0.15) is 5.41 Å². The second-order valence-electron chi connectivity index (χ2n) is 6.54. The van der Waals surface area contributed by atoms with Gasteiger partial charge in [0, 0.05) is 12.7 Å². The van der Waals surface area contributed by atoms with Crippen molar-refractivity contribution in [2.24, 2.45) is 5.41 Å². The van der Waals surface area contributed by atoms with Crippen molar-refractivity contribution in [2.45, 2.75) is 20.8 Å². The summed E-state index contributed by atoms with van der Waals surface area (Å²) < 4.78 is 5.01. The van der Waals surface area contributed by atoms with Crippen molar-refractivity contribution < 1.29 is 19.1 Å². The highest BCUT2D eigenvalue weighted by Gasteiger charge is 2.39. The lowest BCUT2D eigenvalue weighted by molar-refractivity contribution is -0.136. The minimum Gasteiger partial charge on any atom is -0.462 e. The fraction of sp³-hybridized carbons (Fsp3) is 0.286. The first-order chi connectivity index (χ1) is 12.8. The van der Waals surface area contributed by atoms with Crippen LogP contribution in [0.5, 0.6) is 0 Å².